The molecule has 2 rings (SSSR count). The molecule has 1 atom stereocenters. The molecule has 6 heteroatoms. The average molecular weight is 359 g/mol. The summed E-state index contributed by atoms with van der Waals surface area (Å²) in [6, 6.07) is 5.81. The van der Waals surface area contributed by atoms with E-state index in [9.17, 15) is 0 Å². The second-order valence-corrected chi connectivity index (χ2v) is 5.96. The summed E-state index contributed by atoms with van der Waals surface area (Å²) in [5, 5.41) is 4.01. The summed E-state index contributed by atoms with van der Waals surface area (Å²) in [7, 11) is 1.70. The summed E-state index contributed by atoms with van der Waals surface area (Å²) in [6.07, 6.45) is 2.01. The van der Waals surface area contributed by atoms with Crippen LogP contribution in [0.2, 0.25) is 5.02 Å². The number of nitrogens with one attached hydrogen (secondary N) is 1. The smallest absolute Gasteiger partial charge is 0.207 e. The molecule has 0 spiro atoms. The molecule has 1 heterocycles. The van der Waals surface area contributed by atoms with Gasteiger partial charge in [-0.2, -0.15) is 0 Å². The first-order chi connectivity index (χ1) is 9.51. The number of aryl methyl sites for hydroxylation is 1. The standard InChI is InChI=1S/C14H17BrClN3O/c1-9-7-19(10(2)8-20-3)14(17-9)18-13-5-4-11(16)6-12(13)15/h4-7,10H,8H2,1-3H3,(H,17,18). The fourth-order valence-electron chi connectivity index (χ4n) is 1.98. The minimum absolute atomic E-state index is 0.203. The summed E-state index contributed by atoms with van der Waals surface area (Å²) in [5.41, 5.74) is 1.88. The van der Waals surface area contributed by atoms with Gasteiger partial charge in [0.05, 0.1) is 24.0 Å². The third kappa shape index (κ3) is 3.53. The van der Waals surface area contributed by atoms with Gasteiger partial charge in [0.2, 0.25) is 5.95 Å². The first-order valence-corrected chi connectivity index (χ1v) is 7.45. The molecular formula is C14H17BrClN3O. The Morgan fingerprint density at radius 1 is 1.50 bits per heavy atom. The van der Waals surface area contributed by atoms with Crippen molar-refractivity contribution < 1.29 is 4.74 Å². The van der Waals surface area contributed by atoms with Crippen LogP contribution in [0.3, 0.4) is 0 Å². The monoisotopic (exact) mass is 357 g/mol. The van der Waals surface area contributed by atoms with Gasteiger partial charge >= 0.3 is 0 Å². The van der Waals surface area contributed by atoms with Gasteiger partial charge in [0.15, 0.2) is 0 Å². The molecule has 0 fully saturated rings. The highest BCUT2D eigenvalue weighted by Gasteiger charge is 2.13. The second-order valence-electron chi connectivity index (χ2n) is 4.67. The molecule has 108 valence electrons. The minimum Gasteiger partial charge on any atom is -0.383 e. The Balaban J connectivity index is 2.29. The van der Waals surface area contributed by atoms with Crippen molar-refractivity contribution in [2.75, 3.05) is 19.0 Å². The Hall–Kier alpha value is -1.04. The molecule has 0 saturated carbocycles. The summed E-state index contributed by atoms with van der Waals surface area (Å²) in [6.45, 7) is 4.69. The second kappa shape index (κ2) is 6.61. The van der Waals surface area contributed by atoms with E-state index in [1.165, 1.54) is 0 Å². The van der Waals surface area contributed by atoms with Gasteiger partial charge in [-0.05, 0) is 48.0 Å². The lowest BCUT2D eigenvalue weighted by molar-refractivity contribution is 0.163. The number of methoxy groups -OCH3 is 1. The van der Waals surface area contributed by atoms with Crippen LogP contribution in [0, 0.1) is 6.92 Å². The molecule has 1 N–H and O–H groups in total. The van der Waals surface area contributed by atoms with Gasteiger partial charge in [-0.1, -0.05) is 11.6 Å². The van der Waals surface area contributed by atoms with Crippen molar-refractivity contribution in [3.63, 3.8) is 0 Å². The zero-order chi connectivity index (χ0) is 14.7. The van der Waals surface area contributed by atoms with E-state index in [0.29, 0.717) is 11.6 Å². The Labute approximate surface area is 132 Å². The van der Waals surface area contributed by atoms with Crippen LogP contribution in [0.1, 0.15) is 18.7 Å². The SMILES string of the molecule is COCC(C)n1cc(C)nc1Nc1ccc(Cl)cc1Br. The highest BCUT2D eigenvalue weighted by Crippen LogP contribution is 2.29. The van der Waals surface area contributed by atoms with Gasteiger partial charge < -0.3 is 14.6 Å². The van der Waals surface area contributed by atoms with Crippen molar-refractivity contribution in [1.82, 2.24) is 9.55 Å². The van der Waals surface area contributed by atoms with E-state index in [0.717, 1.165) is 21.8 Å². The summed E-state index contributed by atoms with van der Waals surface area (Å²) in [4.78, 5) is 4.52. The first kappa shape index (κ1) is 15.4. The molecule has 2 aromatic rings. The third-order valence-corrected chi connectivity index (χ3v) is 3.80. The zero-order valence-electron chi connectivity index (χ0n) is 11.7. The van der Waals surface area contributed by atoms with Crippen molar-refractivity contribution in [3.8, 4) is 0 Å². The van der Waals surface area contributed by atoms with Crippen LogP contribution in [0.15, 0.2) is 28.9 Å². The van der Waals surface area contributed by atoms with Gasteiger partial charge in [-0.3, -0.25) is 0 Å². The molecule has 0 saturated heterocycles. The number of ether oxygens (including phenoxy) is 1. The van der Waals surface area contributed by atoms with Gasteiger partial charge in [-0.15, -0.1) is 0 Å². The van der Waals surface area contributed by atoms with Crippen LogP contribution < -0.4 is 5.32 Å². The molecule has 20 heavy (non-hydrogen) atoms. The van der Waals surface area contributed by atoms with Gasteiger partial charge in [0.25, 0.3) is 0 Å². The number of halogens is 2. The molecule has 0 radical (unpaired) electrons. The first-order valence-electron chi connectivity index (χ1n) is 6.27. The van der Waals surface area contributed by atoms with E-state index < -0.39 is 0 Å². The van der Waals surface area contributed by atoms with E-state index in [4.69, 9.17) is 16.3 Å². The van der Waals surface area contributed by atoms with Crippen LogP contribution in [0.25, 0.3) is 0 Å². The average Bonchev–Trinajstić information content (AvgIpc) is 2.74. The lowest BCUT2D eigenvalue weighted by Gasteiger charge is -2.16. The Kier molecular flexibility index (Phi) is 5.07. The van der Waals surface area contributed by atoms with Crippen molar-refractivity contribution in [1.29, 1.82) is 0 Å². The number of rotatable bonds is 5. The largest absolute Gasteiger partial charge is 0.383 e. The van der Waals surface area contributed by atoms with E-state index >= 15 is 0 Å². The fraction of sp³-hybridized carbons (Fsp3) is 0.357. The highest BCUT2D eigenvalue weighted by molar-refractivity contribution is 9.10. The predicted octanol–water partition coefficient (Wildman–Crippen LogP) is 4.56. The van der Waals surface area contributed by atoms with Crippen LogP contribution >= 0.6 is 27.5 Å². The summed E-state index contributed by atoms with van der Waals surface area (Å²) < 4.78 is 8.18. The molecule has 0 aliphatic heterocycles. The number of benzene rings is 1. The van der Waals surface area contributed by atoms with Crippen LogP contribution in [-0.4, -0.2) is 23.3 Å². The molecular weight excluding hydrogens is 342 g/mol. The van der Waals surface area contributed by atoms with Crippen molar-refractivity contribution in [2.45, 2.75) is 19.9 Å². The van der Waals surface area contributed by atoms with Crippen LogP contribution in [0.4, 0.5) is 11.6 Å². The van der Waals surface area contributed by atoms with Crippen LogP contribution in [-0.2, 0) is 4.74 Å². The molecule has 4 nitrogen and oxygen atoms in total. The minimum atomic E-state index is 0.203. The topological polar surface area (TPSA) is 39.1 Å². The third-order valence-electron chi connectivity index (χ3n) is 2.91. The quantitative estimate of drug-likeness (QED) is 0.851. The number of imidazole rings is 1. The van der Waals surface area contributed by atoms with Gasteiger partial charge in [-0.25, -0.2) is 4.98 Å². The zero-order valence-corrected chi connectivity index (χ0v) is 14.0. The normalized spacial score (nSPS) is 12.4. The van der Waals surface area contributed by atoms with Crippen molar-refractivity contribution in [2.24, 2.45) is 0 Å². The van der Waals surface area contributed by atoms with Crippen LogP contribution in [0.5, 0.6) is 0 Å². The number of aromatic nitrogens is 2. The lowest BCUT2D eigenvalue weighted by Crippen LogP contribution is -2.12. The molecule has 0 aliphatic rings. The van der Waals surface area contributed by atoms with E-state index in [-0.39, 0.29) is 6.04 Å². The molecule has 0 bridgehead atoms. The van der Waals surface area contributed by atoms with Crippen molar-refractivity contribution in [3.05, 3.63) is 39.6 Å². The number of hydrogen-bond acceptors (Lipinski definition) is 3. The van der Waals surface area contributed by atoms with E-state index in [2.05, 4.69) is 37.7 Å². The highest BCUT2D eigenvalue weighted by atomic mass is 79.9. The molecule has 0 amide bonds. The Morgan fingerprint density at radius 3 is 2.90 bits per heavy atom. The molecule has 1 aromatic carbocycles. The Morgan fingerprint density at radius 2 is 2.25 bits per heavy atom. The lowest BCUT2D eigenvalue weighted by atomic mass is 10.3. The molecule has 1 aromatic heterocycles. The number of anilines is 2. The maximum Gasteiger partial charge on any atom is 0.207 e. The summed E-state index contributed by atoms with van der Waals surface area (Å²) in [5.74, 6) is 0.787. The number of nitrogens with zero attached hydrogens (tertiary/aromatic N) is 2. The van der Waals surface area contributed by atoms with E-state index in [1.54, 1.807) is 7.11 Å². The summed E-state index contributed by atoms with van der Waals surface area (Å²) >= 11 is 9.45. The Bertz CT molecular complexity index is 600. The van der Waals surface area contributed by atoms with Crippen molar-refractivity contribution >= 4 is 39.2 Å². The predicted molar refractivity (Wildman–Crippen MR) is 86.0 cm³/mol. The molecule has 0 aliphatic carbocycles. The maximum atomic E-state index is 5.95. The maximum absolute atomic E-state index is 5.95. The fourth-order valence-corrected chi connectivity index (χ4v) is 2.76. The van der Waals surface area contributed by atoms with Gasteiger partial charge in [0, 0.05) is 22.8 Å². The van der Waals surface area contributed by atoms with Gasteiger partial charge in [0.1, 0.15) is 0 Å². The number of hydrogen-bond donors (Lipinski definition) is 1. The van der Waals surface area contributed by atoms with E-state index in [1.807, 2.05) is 31.3 Å². The molecule has 1 unspecified atom stereocenters.